The van der Waals surface area contributed by atoms with Crippen molar-refractivity contribution in [1.29, 1.82) is 0 Å². The molecule has 2 aromatic heterocycles. The van der Waals surface area contributed by atoms with Gasteiger partial charge in [-0.05, 0) is 18.9 Å². The predicted molar refractivity (Wildman–Crippen MR) is 84.8 cm³/mol. The fourth-order valence-electron chi connectivity index (χ4n) is 1.94. The average molecular weight is 317 g/mol. The number of aryl methyl sites for hydroxylation is 2. The summed E-state index contributed by atoms with van der Waals surface area (Å²) in [5.74, 6) is 1.59. The SMILES string of the molecule is Cc1ncsc1CCSc1nnc(Cc2ccccc2)o1. The van der Waals surface area contributed by atoms with Gasteiger partial charge in [0.25, 0.3) is 5.22 Å². The minimum atomic E-state index is 0.642. The zero-order chi connectivity index (χ0) is 14.5. The molecule has 0 aliphatic heterocycles. The smallest absolute Gasteiger partial charge is 0.276 e. The molecule has 0 saturated carbocycles. The molecule has 21 heavy (non-hydrogen) atoms. The number of thioether (sulfide) groups is 1. The van der Waals surface area contributed by atoms with E-state index in [1.807, 2.05) is 30.6 Å². The average Bonchev–Trinajstić information content (AvgIpc) is 3.10. The van der Waals surface area contributed by atoms with Crippen LogP contribution >= 0.6 is 23.1 Å². The summed E-state index contributed by atoms with van der Waals surface area (Å²) in [7, 11) is 0. The van der Waals surface area contributed by atoms with E-state index in [4.69, 9.17) is 4.42 Å². The fourth-order valence-corrected chi connectivity index (χ4v) is 3.58. The first-order chi connectivity index (χ1) is 10.3. The van der Waals surface area contributed by atoms with Crippen molar-refractivity contribution in [2.24, 2.45) is 0 Å². The zero-order valence-corrected chi connectivity index (χ0v) is 13.3. The summed E-state index contributed by atoms with van der Waals surface area (Å²) < 4.78 is 5.67. The lowest BCUT2D eigenvalue weighted by molar-refractivity contribution is 0.420. The van der Waals surface area contributed by atoms with Gasteiger partial charge in [-0.25, -0.2) is 4.98 Å². The van der Waals surface area contributed by atoms with Crippen LogP contribution in [0.15, 0.2) is 45.5 Å². The van der Waals surface area contributed by atoms with Gasteiger partial charge in [-0.15, -0.1) is 21.5 Å². The van der Waals surface area contributed by atoms with E-state index in [0.717, 1.165) is 17.9 Å². The Morgan fingerprint density at radius 2 is 2.05 bits per heavy atom. The molecule has 0 atom stereocenters. The first-order valence-corrected chi connectivity index (χ1v) is 8.56. The monoisotopic (exact) mass is 317 g/mol. The second-order valence-electron chi connectivity index (χ2n) is 4.58. The molecule has 4 nitrogen and oxygen atoms in total. The van der Waals surface area contributed by atoms with Crippen LogP contribution in [0.4, 0.5) is 0 Å². The van der Waals surface area contributed by atoms with Crippen LogP contribution in [0, 0.1) is 6.92 Å². The molecule has 0 aliphatic carbocycles. The van der Waals surface area contributed by atoms with Gasteiger partial charge in [-0.3, -0.25) is 0 Å². The summed E-state index contributed by atoms with van der Waals surface area (Å²) in [5, 5.41) is 8.83. The molecule has 2 heterocycles. The van der Waals surface area contributed by atoms with Gasteiger partial charge in [0.15, 0.2) is 0 Å². The van der Waals surface area contributed by atoms with Crippen molar-refractivity contribution < 1.29 is 4.42 Å². The number of benzene rings is 1. The molecule has 0 unspecified atom stereocenters. The normalized spacial score (nSPS) is 10.9. The lowest BCUT2D eigenvalue weighted by atomic mass is 10.2. The summed E-state index contributed by atoms with van der Waals surface area (Å²) in [6.07, 6.45) is 1.67. The third-order valence-corrected chi connectivity index (χ3v) is 4.86. The van der Waals surface area contributed by atoms with Crippen LogP contribution in [0.1, 0.15) is 22.0 Å². The molecule has 6 heteroatoms. The molecule has 0 bridgehead atoms. The molecule has 1 aromatic carbocycles. The van der Waals surface area contributed by atoms with Crippen molar-refractivity contribution in [3.8, 4) is 0 Å². The number of hydrogen-bond donors (Lipinski definition) is 0. The van der Waals surface area contributed by atoms with E-state index >= 15 is 0 Å². The van der Waals surface area contributed by atoms with Crippen LogP contribution in [0.5, 0.6) is 0 Å². The highest BCUT2D eigenvalue weighted by atomic mass is 32.2. The standard InChI is InChI=1S/C15H15N3OS2/c1-11-13(21-10-16-11)7-8-20-15-18-17-14(19-15)9-12-5-3-2-4-6-12/h2-6,10H,7-9H2,1H3. The molecule has 3 aromatic rings. The van der Waals surface area contributed by atoms with Crippen molar-refractivity contribution in [2.75, 3.05) is 5.75 Å². The lowest BCUT2D eigenvalue weighted by Crippen LogP contribution is -1.88. The van der Waals surface area contributed by atoms with E-state index in [1.54, 1.807) is 23.1 Å². The first-order valence-electron chi connectivity index (χ1n) is 6.69. The van der Waals surface area contributed by atoms with Crippen molar-refractivity contribution in [3.05, 3.63) is 57.9 Å². The molecule has 0 aliphatic rings. The molecule has 108 valence electrons. The highest BCUT2D eigenvalue weighted by Gasteiger charge is 2.08. The second kappa shape index (κ2) is 6.87. The van der Waals surface area contributed by atoms with Crippen LogP contribution in [0.2, 0.25) is 0 Å². The third kappa shape index (κ3) is 3.92. The Kier molecular flexibility index (Phi) is 4.67. The largest absolute Gasteiger partial charge is 0.416 e. The first kappa shape index (κ1) is 14.3. The van der Waals surface area contributed by atoms with E-state index in [2.05, 4.69) is 27.3 Å². The maximum absolute atomic E-state index is 5.67. The predicted octanol–water partition coefficient (Wildman–Crippen LogP) is 3.76. The van der Waals surface area contributed by atoms with E-state index in [1.165, 1.54) is 10.4 Å². The second-order valence-corrected chi connectivity index (χ2v) is 6.57. The van der Waals surface area contributed by atoms with Crippen LogP contribution in [-0.4, -0.2) is 20.9 Å². The molecule has 3 rings (SSSR count). The van der Waals surface area contributed by atoms with Crippen molar-refractivity contribution in [2.45, 2.75) is 25.0 Å². The van der Waals surface area contributed by atoms with Crippen molar-refractivity contribution >= 4 is 23.1 Å². The van der Waals surface area contributed by atoms with Crippen molar-refractivity contribution in [3.63, 3.8) is 0 Å². The van der Waals surface area contributed by atoms with Crippen LogP contribution in [-0.2, 0) is 12.8 Å². The van der Waals surface area contributed by atoms with Gasteiger partial charge < -0.3 is 4.42 Å². The maximum atomic E-state index is 5.67. The Morgan fingerprint density at radius 1 is 1.19 bits per heavy atom. The summed E-state index contributed by atoms with van der Waals surface area (Å²) in [5.41, 5.74) is 4.19. The number of thiazole rings is 1. The topological polar surface area (TPSA) is 51.8 Å². The number of hydrogen-bond acceptors (Lipinski definition) is 6. The van der Waals surface area contributed by atoms with Gasteiger partial charge in [0.05, 0.1) is 17.6 Å². The molecule has 0 radical (unpaired) electrons. The van der Waals surface area contributed by atoms with Gasteiger partial charge in [-0.2, -0.15) is 0 Å². The number of aromatic nitrogens is 3. The number of rotatable bonds is 6. The Bertz CT molecular complexity index is 694. The van der Waals surface area contributed by atoms with Gasteiger partial charge in [-0.1, -0.05) is 42.1 Å². The quantitative estimate of drug-likeness (QED) is 0.648. The molecule has 0 amide bonds. The Labute approximate surface area is 131 Å². The van der Waals surface area contributed by atoms with Crippen LogP contribution in [0.25, 0.3) is 0 Å². The fraction of sp³-hybridized carbons (Fsp3) is 0.267. The van der Waals surface area contributed by atoms with Gasteiger partial charge in [0.2, 0.25) is 5.89 Å². The van der Waals surface area contributed by atoms with Gasteiger partial charge in [0.1, 0.15) is 0 Å². The Balaban J connectivity index is 1.52. The highest BCUT2D eigenvalue weighted by Crippen LogP contribution is 2.21. The van der Waals surface area contributed by atoms with Gasteiger partial charge >= 0.3 is 0 Å². The van der Waals surface area contributed by atoms with E-state index in [-0.39, 0.29) is 0 Å². The molecular weight excluding hydrogens is 302 g/mol. The Morgan fingerprint density at radius 3 is 2.81 bits per heavy atom. The van der Waals surface area contributed by atoms with Crippen LogP contribution in [0.3, 0.4) is 0 Å². The molecular formula is C15H15N3OS2. The lowest BCUT2D eigenvalue weighted by Gasteiger charge is -1.96. The van der Waals surface area contributed by atoms with E-state index < -0.39 is 0 Å². The molecule has 0 N–H and O–H groups in total. The van der Waals surface area contributed by atoms with E-state index in [0.29, 0.717) is 17.5 Å². The summed E-state index contributed by atoms with van der Waals surface area (Å²) in [6.45, 7) is 2.04. The van der Waals surface area contributed by atoms with Crippen molar-refractivity contribution in [1.82, 2.24) is 15.2 Å². The van der Waals surface area contributed by atoms with Crippen LogP contribution < -0.4 is 0 Å². The molecule has 0 spiro atoms. The summed E-state index contributed by atoms with van der Waals surface area (Å²) in [6, 6.07) is 10.1. The summed E-state index contributed by atoms with van der Waals surface area (Å²) >= 11 is 3.30. The van der Waals surface area contributed by atoms with Gasteiger partial charge in [0, 0.05) is 10.6 Å². The maximum Gasteiger partial charge on any atom is 0.276 e. The Hall–Kier alpha value is -1.66. The third-order valence-electron chi connectivity index (χ3n) is 3.05. The van der Waals surface area contributed by atoms with E-state index in [9.17, 15) is 0 Å². The minimum absolute atomic E-state index is 0.642. The number of nitrogens with zero attached hydrogens (tertiary/aromatic N) is 3. The minimum Gasteiger partial charge on any atom is -0.416 e. The molecule has 0 fully saturated rings. The summed E-state index contributed by atoms with van der Waals surface area (Å²) in [4.78, 5) is 5.58. The highest BCUT2D eigenvalue weighted by molar-refractivity contribution is 7.99. The zero-order valence-electron chi connectivity index (χ0n) is 11.7. The molecule has 0 saturated heterocycles.